The Bertz CT molecular complexity index is 515. The highest BCUT2D eigenvalue weighted by Gasteiger charge is 2.06. The predicted octanol–water partition coefficient (Wildman–Crippen LogP) is 2.34. The number of aromatic nitrogens is 4. The monoisotopic (exact) mass is 273 g/mol. The quantitative estimate of drug-likeness (QED) is 0.787. The molecule has 0 saturated carbocycles. The van der Waals surface area contributed by atoms with Gasteiger partial charge in [-0.2, -0.15) is 0 Å². The molecule has 0 aliphatic carbocycles. The zero-order valence-electron chi connectivity index (χ0n) is 12.5. The average Bonchev–Trinajstić information content (AvgIpc) is 2.87. The van der Waals surface area contributed by atoms with Gasteiger partial charge >= 0.3 is 0 Å². The molecule has 0 bridgehead atoms. The van der Waals surface area contributed by atoms with Gasteiger partial charge in [0.15, 0.2) is 5.82 Å². The molecule has 0 amide bonds. The fourth-order valence-electron chi connectivity index (χ4n) is 2.03. The van der Waals surface area contributed by atoms with Crippen molar-refractivity contribution in [2.45, 2.75) is 46.2 Å². The standard InChI is InChI=1S/C15H23N5/c1-4-9-16-10-15-17-18-19-20(15)11-13-5-7-14(8-6-13)12(2)3/h5-8,12,16H,4,9-11H2,1-3H3. The van der Waals surface area contributed by atoms with Crippen molar-refractivity contribution in [1.29, 1.82) is 0 Å². The van der Waals surface area contributed by atoms with Gasteiger partial charge in [-0.1, -0.05) is 45.0 Å². The summed E-state index contributed by atoms with van der Waals surface area (Å²) in [6.07, 6.45) is 1.11. The van der Waals surface area contributed by atoms with E-state index in [1.54, 1.807) is 0 Å². The van der Waals surface area contributed by atoms with Crippen LogP contribution in [-0.2, 0) is 13.1 Å². The number of benzene rings is 1. The SMILES string of the molecule is CCCNCc1nnnn1Cc1ccc(C(C)C)cc1. The largest absolute Gasteiger partial charge is 0.310 e. The van der Waals surface area contributed by atoms with E-state index in [1.807, 2.05) is 4.68 Å². The number of nitrogens with zero attached hydrogens (tertiary/aromatic N) is 4. The lowest BCUT2D eigenvalue weighted by atomic mass is 10.0. The van der Waals surface area contributed by atoms with Crippen LogP contribution in [0, 0.1) is 0 Å². The van der Waals surface area contributed by atoms with Crippen LogP contribution in [0.15, 0.2) is 24.3 Å². The van der Waals surface area contributed by atoms with Gasteiger partial charge in [-0.15, -0.1) is 5.10 Å². The molecule has 1 heterocycles. The van der Waals surface area contributed by atoms with Crippen LogP contribution in [-0.4, -0.2) is 26.8 Å². The lowest BCUT2D eigenvalue weighted by Crippen LogP contribution is -2.18. The van der Waals surface area contributed by atoms with Crippen LogP contribution in [0.25, 0.3) is 0 Å². The molecule has 20 heavy (non-hydrogen) atoms. The van der Waals surface area contributed by atoms with Gasteiger partial charge in [0, 0.05) is 0 Å². The Balaban J connectivity index is 2.00. The van der Waals surface area contributed by atoms with Gasteiger partial charge in [0.2, 0.25) is 0 Å². The van der Waals surface area contributed by atoms with Gasteiger partial charge in [0.25, 0.3) is 0 Å². The third kappa shape index (κ3) is 3.87. The first kappa shape index (κ1) is 14.7. The normalized spacial score (nSPS) is 11.2. The van der Waals surface area contributed by atoms with Crippen LogP contribution in [0.1, 0.15) is 50.1 Å². The lowest BCUT2D eigenvalue weighted by molar-refractivity contribution is 0.577. The molecule has 0 unspecified atom stereocenters. The van der Waals surface area contributed by atoms with Gasteiger partial charge in [-0.05, 0) is 40.4 Å². The van der Waals surface area contributed by atoms with E-state index in [0.717, 1.165) is 18.8 Å². The Labute approximate surface area is 120 Å². The predicted molar refractivity (Wildman–Crippen MR) is 79.4 cm³/mol. The zero-order valence-corrected chi connectivity index (χ0v) is 12.5. The second-order valence-corrected chi connectivity index (χ2v) is 5.33. The molecule has 1 aromatic carbocycles. The fraction of sp³-hybridized carbons (Fsp3) is 0.533. The Morgan fingerprint density at radius 2 is 1.95 bits per heavy atom. The van der Waals surface area contributed by atoms with Gasteiger partial charge in [-0.25, -0.2) is 4.68 Å². The maximum atomic E-state index is 4.07. The van der Waals surface area contributed by atoms with Crippen LogP contribution in [0.4, 0.5) is 0 Å². The molecule has 0 radical (unpaired) electrons. The van der Waals surface area contributed by atoms with Gasteiger partial charge in [0.1, 0.15) is 0 Å². The smallest absolute Gasteiger partial charge is 0.165 e. The number of hydrogen-bond donors (Lipinski definition) is 1. The van der Waals surface area contributed by atoms with Gasteiger partial charge in [0.05, 0.1) is 13.1 Å². The molecule has 5 heteroatoms. The molecule has 0 aliphatic rings. The number of hydrogen-bond acceptors (Lipinski definition) is 4. The van der Waals surface area contributed by atoms with Crippen LogP contribution in [0.3, 0.4) is 0 Å². The summed E-state index contributed by atoms with van der Waals surface area (Å²) in [6, 6.07) is 8.67. The van der Waals surface area contributed by atoms with E-state index < -0.39 is 0 Å². The Kier molecular flexibility index (Phi) is 5.24. The van der Waals surface area contributed by atoms with Crippen LogP contribution >= 0.6 is 0 Å². The van der Waals surface area contributed by atoms with Gasteiger partial charge in [-0.3, -0.25) is 0 Å². The highest BCUT2D eigenvalue weighted by atomic mass is 15.5. The van der Waals surface area contributed by atoms with Crippen molar-refractivity contribution in [3.63, 3.8) is 0 Å². The summed E-state index contributed by atoms with van der Waals surface area (Å²) in [5.74, 6) is 1.44. The second-order valence-electron chi connectivity index (χ2n) is 5.33. The van der Waals surface area contributed by atoms with Crippen LogP contribution in [0.5, 0.6) is 0 Å². The molecule has 0 aliphatic heterocycles. The second kappa shape index (κ2) is 7.14. The molecule has 1 aromatic heterocycles. The van der Waals surface area contributed by atoms with E-state index >= 15 is 0 Å². The lowest BCUT2D eigenvalue weighted by Gasteiger charge is -2.08. The molecular weight excluding hydrogens is 250 g/mol. The molecule has 2 rings (SSSR count). The molecule has 0 fully saturated rings. The van der Waals surface area contributed by atoms with Crippen LogP contribution in [0.2, 0.25) is 0 Å². The van der Waals surface area contributed by atoms with Gasteiger partial charge < -0.3 is 5.32 Å². The van der Waals surface area contributed by atoms with E-state index in [1.165, 1.54) is 11.1 Å². The van der Waals surface area contributed by atoms with E-state index in [2.05, 4.69) is 65.9 Å². The molecule has 0 spiro atoms. The molecule has 2 aromatic rings. The minimum Gasteiger partial charge on any atom is -0.310 e. The van der Waals surface area contributed by atoms with Crippen molar-refractivity contribution in [2.75, 3.05) is 6.54 Å². The van der Waals surface area contributed by atoms with Crippen molar-refractivity contribution >= 4 is 0 Å². The zero-order chi connectivity index (χ0) is 14.4. The summed E-state index contributed by atoms with van der Waals surface area (Å²) in [6.45, 7) is 8.96. The highest BCUT2D eigenvalue weighted by molar-refractivity contribution is 5.24. The van der Waals surface area contributed by atoms with Crippen LogP contribution < -0.4 is 5.32 Å². The molecular formula is C15H23N5. The first-order chi connectivity index (χ1) is 9.70. The van der Waals surface area contributed by atoms with E-state index in [4.69, 9.17) is 0 Å². The summed E-state index contributed by atoms with van der Waals surface area (Å²) in [5, 5.41) is 15.2. The van der Waals surface area contributed by atoms with Crippen molar-refractivity contribution in [2.24, 2.45) is 0 Å². The summed E-state index contributed by atoms with van der Waals surface area (Å²) in [5.41, 5.74) is 2.58. The van der Waals surface area contributed by atoms with Crippen molar-refractivity contribution < 1.29 is 0 Å². The first-order valence-electron chi connectivity index (χ1n) is 7.25. The maximum absolute atomic E-state index is 4.07. The first-order valence-corrected chi connectivity index (χ1v) is 7.25. The Morgan fingerprint density at radius 3 is 2.60 bits per heavy atom. The summed E-state index contributed by atoms with van der Waals surface area (Å²) in [7, 11) is 0. The van der Waals surface area contributed by atoms with E-state index in [-0.39, 0.29) is 0 Å². The average molecular weight is 273 g/mol. The summed E-state index contributed by atoms with van der Waals surface area (Å²) in [4.78, 5) is 0. The van der Waals surface area contributed by atoms with Crippen molar-refractivity contribution in [3.05, 3.63) is 41.2 Å². The van der Waals surface area contributed by atoms with Crippen molar-refractivity contribution in [1.82, 2.24) is 25.5 Å². The number of nitrogens with one attached hydrogen (secondary N) is 1. The molecule has 5 nitrogen and oxygen atoms in total. The topological polar surface area (TPSA) is 55.6 Å². The highest BCUT2D eigenvalue weighted by Crippen LogP contribution is 2.15. The van der Waals surface area contributed by atoms with E-state index in [9.17, 15) is 0 Å². The Morgan fingerprint density at radius 1 is 1.20 bits per heavy atom. The van der Waals surface area contributed by atoms with Crippen molar-refractivity contribution in [3.8, 4) is 0 Å². The molecule has 1 N–H and O–H groups in total. The minimum absolute atomic E-state index is 0.561. The summed E-state index contributed by atoms with van der Waals surface area (Å²) >= 11 is 0. The number of rotatable bonds is 7. The third-order valence-corrected chi connectivity index (χ3v) is 3.29. The maximum Gasteiger partial charge on any atom is 0.165 e. The Hall–Kier alpha value is -1.75. The molecule has 108 valence electrons. The molecule has 0 saturated heterocycles. The number of tetrazole rings is 1. The fourth-order valence-corrected chi connectivity index (χ4v) is 2.03. The summed E-state index contributed by atoms with van der Waals surface area (Å²) < 4.78 is 1.85. The molecule has 0 atom stereocenters. The van der Waals surface area contributed by atoms with E-state index in [0.29, 0.717) is 19.0 Å². The minimum atomic E-state index is 0.561. The third-order valence-electron chi connectivity index (χ3n) is 3.29.